The van der Waals surface area contributed by atoms with Crippen molar-refractivity contribution < 1.29 is 9.47 Å². The molecule has 1 N–H and O–H groups in total. The number of methoxy groups -OCH3 is 2. The van der Waals surface area contributed by atoms with Gasteiger partial charge in [0, 0.05) is 27.7 Å². The lowest BCUT2D eigenvalue weighted by atomic mass is 10.2. The van der Waals surface area contributed by atoms with Crippen LogP contribution in [0.2, 0.25) is 0 Å². The monoisotopic (exact) mass is 359 g/mol. The lowest BCUT2D eigenvalue weighted by Crippen LogP contribution is -2.37. The first-order chi connectivity index (χ1) is 12.4. The van der Waals surface area contributed by atoms with Crippen molar-refractivity contribution in [1.29, 1.82) is 0 Å². The van der Waals surface area contributed by atoms with E-state index in [0.29, 0.717) is 35.2 Å². The van der Waals surface area contributed by atoms with Crippen LogP contribution >= 0.6 is 0 Å². The molecule has 0 radical (unpaired) electrons. The first-order valence-corrected chi connectivity index (χ1v) is 7.96. The Morgan fingerprint density at radius 2 is 1.69 bits per heavy atom. The molecular formula is C17H21N5O4. The summed E-state index contributed by atoms with van der Waals surface area (Å²) in [7, 11) is 7.94. The van der Waals surface area contributed by atoms with Gasteiger partial charge in [0.1, 0.15) is 0 Å². The third-order valence-electron chi connectivity index (χ3n) is 4.37. The number of anilines is 1. The molecule has 0 amide bonds. The highest BCUT2D eigenvalue weighted by Crippen LogP contribution is 2.27. The molecule has 3 aromatic rings. The zero-order valence-electron chi connectivity index (χ0n) is 15.4. The Morgan fingerprint density at radius 3 is 2.35 bits per heavy atom. The first kappa shape index (κ1) is 17.6. The molecule has 26 heavy (non-hydrogen) atoms. The number of hydrogen-bond acceptors (Lipinski definition) is 6. The number of nitrogens with one attached hydrogen (secondary N) is 1. The van der Waals surface area contributed by atoms with E-state index < -0.39 is 5.69 Å². The molecular weight excluding hydrogens is 338 g/mol. The lowest BCUT2D eigenvalue weighted by molar-refractivity contribution is 0.354. The van der Waals surface area contributed by atoms with Crippen LogP contribution in [0.15, 0.2) is 27.8 Å². The number of nitrogens with zero attached hydrogens (tertiary/aromatic N) is 4. The first-order valence-electron chi connectivity index (χ1n) is 7.96. The fourth-order valence-corrected chi connectivity index (χ4v) is 2.85. The number of aromatic nitrogens is 4. The van der Waals surface area contributed by atoms with E-state index in [9.17, 15) is 9.59 Å². The Kier molecular flexibility index (Phi) is 4.45. The fraction of sp³-hybridized carbons (Fsp3) is 0.353. The van der Waals surface area contributed by atoms with Gasteiger partial charge in [-0.2, -0.15) is 4.98 Å². The van der Waals surface area contributed by atoms with Crippen LogP contribution in [0.5, 0.6) is 11.5 Å². The van der Waals surface area contributed by atoms with Gasteiger partial charge in [-0.15, -0.1) is 0 Å². The highest BCUT2D eigenvalue weighted by Gasteiger charge is 2.16. The van der Waals surface area contributed by atoms with Crippen LogP contribution in [-0.4, -0.2) is 32.9 Å². The van der Waals surface area contributed by atoms with Gasteiger partial charge in [-0.05, 0) is 17.7 Å². The Hall–Kier alpha value is -3.23. The van der Waals surface area contributed by atoms with Gasteiger partial charge < -0.3 is 19.4 Å². The summed E-state index contributed by atoms with van der Waals surface area (Å²) in [5, 5.41) is 3.19. The summed E-state index contributed by atoms with van der Waals surface area (Å²) in [5.41, 5.74) is 0.876. The van der Waals surface area contributed by atoms with Gasteiger partial charge in [0.05, 0.1) is 14.2 Å². The molecule has 9 nitrogen and oxygen atoms in total. The Morgan fingerprint density at radius 1 is 1.00 bits per heavy atom. The van der Waals surface area contributed by atoms with Gasteiger partial charge >= 0.3 is 5.69 Å². The maximum absolute atomic E-state index is 12.4. The van der Waals surface area contributed by atoms with Crippen LogP contribution in [-0.2, 0) is 27.7 Å². The number of imidazole rings is 1. The molecule has 0 unspecified atom stereocenters. The number of benzene rings is 1. The number of rotatable bonds is 5. The van der Waals surface area contributed by atoms with Crippen molar-refractivity contribution in [3.63, 3.8) is 0 Å². The van der Waals surface area contributed by atoms with Crippen LogP contribution in [0, 0.1) is 0 Å². The second kappa shape index (κ2) is 6.58. The second-order valence-corrected chi connectivity index (χ2v) is 5.92. The van der Waals surface area contributed by atoms with Crippen LogP contribution < -0.4 is 26.0 Å². The summed E-state index contributed by atoms with van der Waals surface area (Å²) in [5.74, 6) is 1.78. The normalized spacial score (nSPS) is 11.0. The van der Waals surface area contributed by atoms with Crippen LogP contribution in [0.3, 0.4) is 0 Å². The van der Waals surface area contributed by atoms with E-state index in [2.05, 4.69) is 10.3 Å². The predicted molar refractivity (Wildman–Crippen MR) is 98.1 cm³/mol. The average Bonchev–Trinajstić information content (AvgIpc) is 2.99. The Labute approximate surface area is 149 Å². The quantitative estimate of drug-likeness (QED) is 0.717. The number of ether oxygens (including phenoxy) is 2. The molecule has 3 rings (SSSR count). The third-order valence-corrected chi connectivity index (χ3v) is 4.37. The number of aryl methyl sites for hydroxylation is 2. The van der Waals surface area contributed by atoms with E-state index in [0.717, 1.165) is 10.1 Å². The zero-order valence-corrected chi connectivity index (χ0v) is 15.4. The molecule has 0 atom stereocenters. The summed E-state index contributed by atoms with van der Waals surface area (Å²) >= 11 is 0. The van der Waals surface area contributed by atoms with Gasteiger partial charge in [-0.25, -0.2) is 4.79 Å². The molecule has 2 aromatic heterocycles. The fourth-order valence-electron chi connectivity index (χ4n) is 2.85. The maximum Gasteiger partial charge on any atom is 0.332 e. The van der Waals surface area contributed by atoms with Crippen molar-refractivity contribution in [2.75, 3.05) is 19.5 Å². The molecule has 0 saturated carbocycles. The van der Waals surface area contributed by atoms with Crippen LogP contribution in [0.25, 0.3) is 11.2 Å². The van der Waals surface area contributed by atoms with Gasteiger partial charge in [0.15, 0.2) is 22.7 Å². The van der Waals surface area contributed by atoms with Crippen molar-refractivity contribution in [2.24, 2.45) is 21.1 Å². The van der Waals surface area contributed by atoms with Crippen molar-refractivity contribution >= 4 is 17.1 Å². The van der Waals surface area contributed by atoms with Crippen molar-refractivity contribution in [3.8, 4) is 11.5 Å². The minimum atomic E-state index is -0.410. The van der Waals surface area contributed by atoms with Gasteiger partial charge in [0.25, 0.3) is 5.56 Å². The molecule has 138 valence electrons. The second-order valence-electron chi connectivity index (χ2n) is 5.92. The minimum Gasteiger partial charge on any atom is -0.493 e. The SMILES string of the molecule is COc1ccc(CNc2nc3c(c(=O)n(C)c(=O)n3C)n2C)cc1OC. The summed E-state index contributed by atoms with van der Waals surface area (Å²) in [6.45, 7) is 0.464. The molecule has 1 aromatic carbocycles. The largest absolute Gasteiger partial charge is 0.493 e. The summed E-state index contributed by atoms with van der Waals surface area (Å²) < 4.78 is 14.6. The van der Waals surface area contributed by atoms with Crippen molar-refractivity contribution in [2.45, 2.75) is 6.54 Å². The summed E-state index contributed by atoms with van der Waals surface area (Å²) in [6, 6.07) is 5.60. The molecule has 0 fully saturated rings. The molecule has 9 heteroatoms. The molecule has 0 aliphatic heterocycles. The van der Waals surface area contributed by atoms with Crippen LogP contribution in [0.4, 0.5) is 5.95 Å². The van der Waals surface area contributed by atoms with E-state index in [1.807, 2.05) is 18.2 Å². The van der Waals surface area contributed by atoms with E-state index in [1.165, 1.54) is 11.6 Å². The standard InChI is InChI=1S/C17H21N5O4/c1-20-13-14(21(2)17(24)22(3)15(13)23)19-16(20)18-9-10-6-7-11(25-4)12(8-10)26-5/h6-8H,9H2,1-5H3,(H,18,19). The molecule has 0 bridgehead atoms. The van der Waals surface area contributed by atoms with Gasteiger partial charge in [0.2, 0.25) is 5.95 Å². The smallest absolute Gasteiger partial charge is 0.332 e. The van der Waals surface area contributed by atoms with Gasteiger partial charge in [-0.1, -0.05) is 6.07 Å². The van der Waals surface area contributed by atoms with Crippen LogP contribution in [0.1, 0.15) is 5.56 Å². The molecule has 0 aliphatic carbocycles. The van der Waals surface area contributed by atoms with E-state index >= 15 is 0 Å². The van der Waals surface area contributed by atoms with Crippen molar-refractivity contribution in [1.82, 2.24) is 18.7 Å². The number of hydrogen-bond donors (Lipinski definition) is 1. The topological polar surface area (TPSA) is 92.3 Å². The third kappa shape index (κ3) is 2.71. The molecule has 0 spiro atoms. The minimum absolute atomic E-state index is 0.343. The predicted octanol–water partition coefficient (Wildman–Crippen LogP) is 0.600. The Bertz CT molecular complexity index is 1090. The number of fused-ring (bicyclic) bond motifs is 1. The van der Waals surface area contributed by atoms with Crippen molar-refractivity contribution in [3.05, 3.63) is 44.6 Å². The molecule has 0 aliphatic rings. The van der Waals surface area contributed by atoms with E-state index in [4.69, 9.17) is 9.47 Å². The average molecular weight is 359 g/mol. The zero-order chi connectivity index (χ0) is 19.0. The summed E-state index contributed by atoms with van der Waals surface area (Å²) in [6.07, 6.45) is 0. The van der Waals surface area contributed by atoms with Gasteiger partial charge in [-0.3, -0.25) is 13.9 Å². The maximum atomic E-state index is 12.4. The Balaban J connectivity index is 1.97. The summed E-state index contributed by atoms with van der Waals surface area (Å²) in [4.78, 5) is 28.9. The molecule has 2 heterocycles. The molecule has 0 saturated heterocycles. The van der Waals surface area contributed by atoms with E-state index in [-0.39, 0.29) is 5.56 Å². The highest BCUT2D eigenvalue weighted by atomic mass is 16.5. The highest BCUT2D eigenvalue weighted by molar-refractivity contribution is 5.74. The van der Waals surface area contributed by atoms with E-state index in [1.54, 1.807) is 32.9 Å². The lowest BCUT2D eigenvalue weighted by Gasteiger charge is -2.10.